The second-order valence-electron chi connectivity index (χ2n) is 6.69. The topological polar surface area (TPSA) is 48.9 Å². The van der Waals surface area contributed by atoms with Crippen LogP contribution in [0.1, 0.15) is 26.3 Å². The molecular weight excluding hydrogens is 422 g/mol. The van der Waals surface area contributed by atoms with Gasteiger partial charge in [0, 0.05) is 32.2 Å². The monoisotopic (exact) mass is 450 g/mol. The number of morpholine rings is 1. The molecule has 2 N–H and O–H groups in total. The molecule has 1 heterocycles. The minimum atomic E-state index is -0.190. The first-order chi connectivity index (χ1) is 10.9. The molecule has 1 aliphatic heterocycles. The van der Waals surface area contributed by atoms with Crippen molar-refractivity contribution in [1.29, 1.82) is 0 Å². The summed E-state index contributed by atoms with van der Waals surface area (Å²) in [4.78, 5) is 6.20. The Hall–Kier alpha value is -1.09. The van der Waals surface area contributed by atoms with Gasteiger partial charge < -0.3 is 20.3 Å². The van der Waals surface area contributed by atoms with E-state index in [1.807, 2.05) is 17.0 Å². The number of nitrogens with one attached hydrogen (secondary N) is 2. The predicted molar refractivity (Wildman–Crippen MR) is 108 cm³/mol. The molecule has 5 nitrogen and oxygen atoms in total. The third kappa shape index (κ3) is 6.43. The van der Waals surface area contributed by atoms with Crippen LogP contribution in [0.15, 0.2) is 23.2 Å². The van der Waals surface area contributed by atoms with Crippen LogP contribution in [0, 0.1) is 5.82 Å². The fourth-order valence-corrected chi connectivity index (χ4v) is 2.44. The zero-order valence-electron chi connectivity index (χ0n) is 14.9. The largest absolute Gasteiger partial charge is 0.378 e. The van der Waals surface area contributed by atoms with Gasteiger partial charge in [-0.3, -0.25) is 4.99 Å². The van der Waals surface area contributed by atoms with Crippen LogP contribution in [0.2, 0.25) is 0 Å². The Morgan fingerprint density at radius 1 is 1.29 bits per heavy atom. The summed E-state index contributed by atoms with van der Waals surface area (Å²) >= 11 is 0. The summed E-state index contributed by atoms with van der Waals surface area (Å²) in [6, 6.07) is 5.38. The summed E-state index contributed by atoms with van der Waals surface area (Å²) in [5.41, 5.74) is 1.46. The van der Waals surface area contributed by atoms with E-state index < -0.39 is 0 Å². The van der Waals surface area contributed by atoms with Crippen molar-refractivity contribution < 1.29 is 9.13 Å². The summed E-state index contributed by atoms with van der Waals surface area (Å²) in [7, 11) is 1.73. The first-order valence-corrected chi connectivity index (χ1v) is 7.99. The molecule has 1 aromatic carbocycles. The lowest BCUT2D eigenvalue weighted by Gasteiger charge is -2.29. The van der Waals surface area contributed by atoms with Gasteiger partial charge in [-0.2, -0.15) is 0 Å². The molecule has 0 atom stereocenters. The van der Waals surface area contributed by atoms with Crippen LogP contribution in [0.25, 0.3) is 0 Å². The van der Waals surface area contributed by atoms with Gasteiger partial charge >= 0.3 is 0 Å². The van der Waals surface area contributed by atoms with E-state index in [1.165, 1.54) is 0 Å². The second-order valence-corrected chi connectivity index (χ2v) is 6.69. The van der Waals surface area contributed by atoms with Gasteiger partial charge in [0.2, 0.25) is 0 Å². The van der Waals surface area contributed by atoms with E-state index in [0.717, 1.165) is 18.7 Å². The first-order valence-electron chi connectivity index (χ1n) is 7.99. The molecule has 0 saturated carbocycles. The molecule has 1 aromatic rings. The maximum absolute atomic E-state index is 14.4. The first kappa shape index (κ1) is 21.0. The fourth-order valence-electron chi connectivity index (χ4n) is 2.44. The van der Waals surface area contributed by atoms with Crippen LogP contribution in [0.3, 0.4) is 0 Å². The van der Waals surface area contributed by atoms with Gasteiger partial charge in [-0.05, 0) is 38.5 Å². The van der Waals surface area contributed by atoms with Crippen molar-refractivity contribution in [1.82, 2.24) is 10.6 Å². The minimum absolute atomic E-state index is 0. The van der Waals surface area contributed by atoms with Gasteiger partial charge in [0.25, 0.3) is 0 Å². The summed E-state index contributed by atoms with van der Waals surface area (Å²) < 4.78 is 19.7. The summed E-state index contributed by atoms with van der Waals surface area (Å²) in [6.07, 6.45) is 0. The average Bonchev–Trinajstić information content (AvgIpc) is 2.51. The molecule has 7 heteroatoms. The van der Waals surface area contributed by atoms with Gasteiger partial charge in [-0.15, -0.1) is 24.0 Å². The van der Waals surface area contributed by atoms with Crippen molar-refractivity contribution in [2.75, 3.05) is 38.3 Å². The lowest BCUT2D eigenvalue weighted by Crippen LogP contribution is -2.47. The number of anilines is 1. The lowest BCUT2D eigenvalue weighted by atomic mass is 10.1. The number of halogens is 2. The van der Waals surface area contributed by atoms with Crippen molar-refractivity contribution in [3.63, 3.8) is 0 Å². The van der Waals surface area contributed by atoms with E-state index in [-0.39, 0.29) is 35.3 Å². The maximum Gasteiger partial charge on any atom is 0.191 e. The van der Waals surface area contributed by atoms with E-state index >= 15 is 0 Å². The van der Waals surface area contributed by atoms with Crippen molar-refractivity contribution >= 4 is 35.6 Å². The normalized spacial score (nSPS) is 15.7. The van der Waals surface area contributed by atoms with E-state index in [1.54, 1.807) is 13.1 Å². The van der Waals surface area contributed by atoms with Crippen molar-refractivity contribution in [2.24, 2.45) is 4.99 Å². The van der Waals surface area contributed by atoms with Crippen LogP contribution < -0.4 is 15.5 Å². The molecule has 0 amide bonds. The van der Waals surface area contributed by atoms with Gasteiger partial charge in [0.15, 0.2) is 5.96 Å². The Morgan fingerprint density at radius 3 is 2.50 bits per heavy atom. The smallest absolute Gasteiger partial charge is 0.191 e. The highest BCUT2D eigenvalue weighted by Gasteiger charge is 2.16. The van der Waals surface area contributed by atoms with Crippen molar-refractivity contribution in [3.05, 3.63) is 29.6 Å². The van der Waals surface area contributed by atoms with E-state index in [0.29, 0.717) is 31.4 Å². The number of hydrogen-bond donors (Lipinski definition) is 2. The van der Waals surface area contributed by atoms with Gasteiger partial charge in [-0.25, -0.2) is 4.39 Å². The predicted octanol–water partition coefficient (Wildman–Crippen LogP) is 2.74. The summed E-state index contributed by atoms with van der Waals surface area (Å²) in [5, 5.41) is 6.48. The van der Waals surface area contributed by atoms with Gasteiger partial charge in [-0.1, -0.05) is 6.07 Å². The molecule has 0 radical (unpaired) electrons. The molecular formula is C17H28FIN4O. The van der Waals surface area contributed by atoms with Gasteiger partial charge in [0.1, 0.15) is 5.82 Å². The summed E-state index contributed by atoms with van der Waals surface area (Å²) in [5.74, 6) is 0.514. The maximum atomic E-state index is 14.4. The van der Waals surface area contributed by atoms with Crippen LogP contribution in [0.4, 0.5) is 10.1 Å². The van der Waals surface area contributed by atoms with Crippen LogP contribution in [0.5, 0.6) is 0 Å². The van der Waals surface area contributed by atoms with Crippen molar-refractivity contribution in [3.8, 4) is 0 Å². The standard InChI is InChI=1S/C17H27FN4O.HI/c1-17(2,3)21-16(19-4)20-12-13-5-6-15(14(18)11-13)22-7-9-23-10-8-22;/h5-6,11H,7-10,12H2,1-4H3,(H2,19,20,21);1H. The third-order valence-electron chi connectivity index (χ3n) is 3.54. The number of aliphatic imine (C=N–C) groups is 1. The van der Waals surface area contributed by atoms with Gasteiger partial charge in [0.05, 0.1) is 18.9 Å². The quantitative estimate of drug-likeness (QED) is 0.423. The van der Waals surface area contributed by atoms with E-state index in [9.17, 15) is 4.39 Å². The SMILES string of the molecule is CN=C(NCc1ccc(N2CCOCC2)c(F)c1)NC(C)(C)C.I. The Labute approximate surface area is 161 Å². The molecule has 1 fully saturated rings. The molecule has 0 spiro atoms. The Kier molecular flexibility index (Phi) is 8.21. The molecule has 24 heavy (non-hydrogen) atoms. The number of ether oxygens (including phenoxy) is 1. The average molecular weight is 450 g/mol. The number of nitrogens with zero attached hydrogens (tertiary/aromatic N) is 2. The fraction of sp³-hybridized carbons (Fsp3) is 0.588. The van der Waals surface area contributed by atoms with Crippen LogP contribution >= 0.6 is 24.0 Å². The number of guanidine groups is 1. The highest BCUT2D eigenvalue weighted by molar-refractivity contribution is 14.0. The highest BCUT2D eigenvalue weighted by atomic mass is 127. The highest BCUT2D eigenvalue weighted by Crippen LogP contribution is 2.21. The molecule has 0 aromatic heterocycles. The van der Waals surface area contributed by atoms with Crippen molar-refractivity contribution in [2.45, 2.75) is 32.9 Å². The Bertz CT molecular complexity index is 554. The van der Waals surface area contributed by atoms with Crippen LogP contribution in [-0.2, 0) is 11.3 Å². The molecule has 136 valence electrons. The van der Waals surface area contributed by atoms with E-state index in [2.05, 4.69) is 36.4 Å². The molecule has 0 bridgehead atoms. The molecule has 2 rings (SSSR count). The van der Waals surface area contributed by atoms with Crippen LogP contribution in [-0.4, -0.2) is 44.8 Å². The Morgan fingerprint density at radius 2 is 1.96 bits per heavy atom. The molecule has 1 aliphatic rings. The molecule has 1 saturated heterocycles. The van der Waals surface area contributed by atoms with E-state index in [4.69, 9.17) is 4.74 Å². The number of rotatable bonds is 3. The second kappa shape index (κ2) is 9.41. The molecule has 0 aliphatic carbocycles. The lowest BCUT2D eigenvalue weighted by molar-refractivity contribution is 0.122. The molecule has 0 unspecified atom stereocenters. The minimum Gasteiger partial charge on any atom is -0.378 e. The zero-order valence-corrected chi connectivity index (χ0v) is 17.2. The third-order valence-corrected chi connectivity index (χ3v) is 3.54. The zero-order chi connectivity index (χ0) is 16.9. The summed E-state index contributed by atoms with van der Waals surface area (Å²) in [6.45, 7) is 9.49. The Balaban J connectivity index is 0.00000288. The number of hydrogen-bond acceptors (Lipinski definition) is 3. The number of benzene rings is 1.